The number of hydrogen-bond donors (Lipinski definition) is 2. The van der Waals surface area contributed by atoms with Gasteiger partial charge >= 0.3 is 0 Å². The normalized spacial score (nSPS) is 17.8. The predicted molar refractivity (Wildman–Crippen MR) is 128 cm³/mol. The first-order valence-corrected chi connectivity index (χ1v) is 10.4. The van der Waals surface area contributed by atoms with E-state index < -0.39 is 0 Å². The van der Waals surface area contributed by atoms with E-state index in [9.17, 15) is 5.11 Å². The highest BCUT2D eigenvalue weighted by Crippen LogP contribution is 2.39. The minimum absolute atomic E-state index is 0. The van der Waals surface area contributed by atoms with Crippen molar-refractivity contribution in [3.05, 3.63) is 78.9 Å². The Morgan fingerprint density at radius 3 is 2.50 bits per heavy atom. The van der Waals surface area contributed by atoms with Crippen LogP contribution in [-0.2, 0) is 0 Å². The molecule has 0 bridgehead atoms. The van der Waals surface area contributed by atoms with Crippen molar-refractivity contribution in [3.8, 4) is 22.5 Å². The number of aromatic nitrogens is 4. The second-order valence-corrected chi connectivity index (χ2v) is 8.14. The highest BCUT2D eigenvalue weighted by Gasteiger charge is 2.33. The monoisotopic (exact) mass is 423 g/mol. The maximum absolute atomic E-state index is 9.79. The van der Waals surface area contributed by atoms with Crippen molar-refractivity contribution in [1.29, 1.82) is 0 Å². The molecule has 6 heteroatoms. The van der Waals surface area contributed by atoms with Gasteiger partial charge in [-0.25, -0.2) is 15.0 Å². The molecule has 3 heterocycles. The van der Waals surface area contributed by atoms with Crippen LogP contribution in [0.5, 0.6) is 0 Å². The van der Waals surface area contributed by atoms with Crippen molar-refractivity contribution in [3.63, 3.8) is 0 Å². The molecule has 1 aliphatic carbocycles. The topological polar surface area (TPSA) is 89.3 Å². The number of benzene rings is 2. The smallest absolute Gasteiger partial charge is 0.150 e. The quantitative estimate of drug-likeness (QED) is 0.423. The van der Waals surface area contributed by atoms with E-state index in [0.717, 1.165) is 57.6 Å². The summed E-state index contributed by atoms with van der Waals surface area (Å²) in [7, 11) is 0. The van der Waals surface area contributed by atoms with E-state index in [-0.39, 0.29) is 19.4 Å². The maximum atomic E-state index is 9.79. The van der Waals surface area contributed by atoms with E-state index in [1.54, 1.807) is 6.20 Å². The van der Waals surface area contributed by atoms with Gasteiger partial charge < -0.3 is 10.8 Å². The van der Waals surface area contributed by atoms with Crippen LogP contribution in [0.1, 0.15) is 32.0 Å². The predicted octanol–water partition coefficient (Wildman–Crippen LogP) is 5.07. The van der Waals surface area contributed by atoms with Gasteiger partial charge in [-0.2, -0.15) is 0 Å². The number of imidazole rings is 1. The molecular weight excluding hydrogens is 398 g/mol. The van der Waals surface area contributed by atoms with E-state index in [4.69, 9.17) is 15.7 Å². The Bertz CT molecular complexity index is 1420. The third-order valence-corrected chi connectivity index (χ3v) is 6.12. The average Bonchev–Trinajstić information content (AvgIpc) is 3.17. The largest absolute Gasteiger partial charge is 0.393 e. The summed E-state index contributed by atoms with van der Waals surface area (Å²) in [6.45, 7) is 0. The summed E-state index contributed by atoms with van der Waals surface area (Å²) in [6, 6.07) is 20.5. The lowest BCUT2D eigenvalue weighted by atomic mass is 9.82. The molecule has 1 aliphatic rings. The van der Waals surface area contributed by atoms with Crippen LogP contribution in [0.2, 0.25) is 0 Å². The number of nitrogen functional groups attached to an aromatic ring is 1. The van der Waals surface area contributed by atoms with Crippen LogP contribution in [0.3, 0.4) is 0 Å². The molecule has 0 aliphatic heterocycles. The maximum Gasteiger partial charge on any atom is 0.150 e. The van der Waals surface area contributed by atoms with Gasteiger partial charge in [0.2, 0.25) is 0 Å². The number of fused-ring (bicyclic) bond motifs is 2. The number of aliphatic hydroxyl groups excluding tert-OH is 1. The zero-order chi connectivity index (χ0) is 20.9. The minimum Gasteiger partial charge on any atom is -0.393 e. The van der Waals surface area contributed by atoms with Crippen LogP contribution < -0.4 is 5.73 Å². The summed E-state index contributed by atoms with van der Waals surface area (Å²) < 4.78 is 2.02. The van der Waals surface area contributed by atoms with Crippen LogP contribution in [-0.4, -0.2) is 30.6 Å². The second kappa shape index (κ2) is 7.73. The zero-order valence-electron chi connectivity index (χ0n) is 16.8. The summed E-state index contributed by atoms with van der Waals surface area (Å²) >= 11 is 0. The van der Waals surface area contributed by atoms with Crippen LogP contribution >= 0.6 is 0 Å². The number of hydrogen-bond acceptors (Lipinski definition) is 5. The minimum atomic E-state index is -0.249. The number of aliphatic hydroxyl groups is 1. The van der Waals surface area contributed by atoms with Gasteiger partial charge in [0.05, 0.1) is 17.3 Å². The molecule has 3 N–H and O–H groups in total. The molecule has 0 unspecified atom stereocenters. The molecule has 1 fully saturated rings. The van der Waals surface area contributed by atoms with Crippen molar-refractivity contribution in [1.82, 2.24) is 19.4 Å². The molecule has 0 spiro atoms. The molecule has 5 aromatic rings. The first kappa shape index (κ1) is 20.2. The van der Waals surface area contributed by atoms with Gasteiger partial charge in [0.15, 0.2) is 0 Å². The van der Waals surface area contributed by atoms with Crippen LogP contribution in [0.25, 0.3) is 38.9 Å². The van der Waals surface area contributed by atoms with E-state index >= 15 is 0 Å². The highest BCUT2D eigenvalue weighted by atomic mass is 16.3. The molecular formula is C26H25N5O. The molecule has 0 amide bonds. The molecule has 0 radical (unpaired) electrons. The van der Waals surface area contributed by atoms with Gasteiger partial charge in [0, 0.05) is 34.8 Å². The molecule has 32 heavy (non-hydrogen) atoms. The van der Waals surface area contributed by atoms with Gasteiger partial charge in [0.1, 0.15) is 22.9 Å². The van der Waals surface area contributed by atoms with Gasteiger partial charge in [0.25, 0.3) is 0 Å². The van der Waals surface area contributed by atoms with Gasteiger partial charge in [-0.05, 0) is 25.0 Å². The number of pyridine rings is 1. The number of nitrogens with zero attached hydrogens (tertiary/aromatic N) is 4. The zero-order valence-corrected chi connectivity index (χ0v) is 16.8. The number of rotatable bonds is 3. The first-order valence-electron chi connectivity index (χ1n) is 10.4. The van der Waals surface area contributed by atoms with Crippen molar-refractivity contribution >= 4 is 22.2 Å². The Morgan fingerprint density at radius 2 is 1.72 bits per heavy atom. The fourth-order valence-corrected chi connectivity index (χ4v) is 4.41. The molecule has 6 rings (SSSR count). The van der Waals surface area contributed by atoms with Gasteiger partial charge in [-0.3, -0.25) is 4.40 Å². The summed E-state index contributed by atoms with van der Waals surface area (Å²) in [4.78, 5) is 14.2. The molecule has 0 saturated heterocycles. The van der Waals surface area contributed by atoms with Crippen molar-refractivity contribution < 1.29 is 5.11 Å². The SMILES string of the molecule is C.Nc1nccn2c(C3CC(O)C3)nc(-c3ccc4ccc(-c5ccccc5)nc4c3)c12. The van der Waals surface area contributed by atoms with E-state index in [2.05, 4.69) is 41.4 Å². The number of nitrogens with two attached hydrogens (primary N) is 1. The Morgan fingerprint density at radius 1 is 0.938 bits per heavy atom. The lowest BCUT2D eigenvalue weighted by Crippen LogP contribution is -2.27. The Balaban J connectivity index is 0.00000216. The van der Waals surface area contributed by atoms with Crippen molar-refractivity contribution in [2.75, 3.05) is 5.73 Å². The van der Waals surface area contributed by atoms with Gasteiger partial charge in [-0.1, -0.05) is 56.0 Å². The third-order valence-electron chi connectivity index (χ3n) is 6.12. The lowest BCUT2D eigenvalue weighted by Gasteiger charge is -2.30. The summed E-state index contributed by atoms with van der Waals surface area (Å²) in [5, 5.41) is 10.9. The average molecular weight is 424 g/mol. The molecule has 2 aromatic carbocycles. The van der Waals surface area contributed by atoms with E-state index in [0.29, 0.717) is 5.82 Å². The molecule has 6 nitrogen and oxygen atoms in total. The van der Waals surface area contributed by atoms with Crippen molar-refractivity contribution in [2.24, 2.45) is 0 Å². The van der Waals surface area contributed by atoms with Crippen molar-refractivity contribution in [2.45, 2.75) is 32.3 Å². The first-order chi connectivity index (χ1) is 15.2. The molecule has 160 valence electrons. The third kappa shape index (κ3) is 3.20. The van der Waals surface area contributed by atoms with Gasteiger partial charge in [-0.15, -0.1) is 0 Å². The summed E-state index contributed by atoms with van der Waals surface area (Å²) in [5.41, 5.74) is 11.8. The van der Waals surface area contributed by atoms with E-state index in [1.807, 2.05) is 34.9 Å². The Hall–Kier alpha value is -3.77. The lowest BCUT2D eigenvalue weighted by molar-refractivity contribution is 0.0715. The Kier molecular flexibility index (Phi) is 4.87. The fourth-order valence-electron chi connectivity index (χ4n) is 4.41. The summed E-state index contributed by atoms with van der Waals surface area (Å²) in [5.74, 6) is 1.60. The van der Waals surface area contributed by atoms with Crippen LogP contribution in [0.4, 0.5) is 5.82 Å². The molecule has 1 saturated carbocycles. The summed E-state index contributed by atoms with van der Waals surface area (Å²) in [6.07, 6.45) is 4.79. The highest BCUT2D eigenvalue weighted by molar-refractivity contribution is 5.91. The van der Waals surface area contributed by atoms with E-state index in [1.165, 1.54) is 0 Å². The second-order valence-electron chi connectivity index (χ2n) is 8.14. The molecule has 0 atom stereocenters. The Labute approximate surface area is 186 Å². The molecule has 3 aromatic heterocycles. The van der Waals surface area contributed by atoms with Crippen LogP contribution in [0.15, 0.2) is 73.1 Å². The number of anilines is 1. The van der Waals surface area contributed by atoms with Crippen LogP contribution in [0, 0.1) is 0 Å². The fraction of sp³-hybridized carbons (Fsp3) is 0.192. The standard InChI is InChI=1S/C25H21N5O.CH4/c26-24-23-22(29-25(18-12-19(31)13-18)30(23)11-10-27-24)17-7-6-16-8-9-20(28-21(16)14-17)15-4-2-1-3-5-15;/h1-11,14,18-19,31H,12-13H2,(H2,26,27);1H4.